The van der Waals surface area contributed by atoms with Gasteiger partial charge in [0, 0.05) is 5.56 Å². The van der Waals surface area contributed by atoms with Crippen LogP contribution in [0.5, 0.6) is 0 Å². The lowest BCUT2D eigenvalue weighted by atomic mass is 9.86. The van der Waals surface area contributed by atoms with Gasteiger partial charge in [0.15, 0.2) is 0 Å². The summed E-state index contributed by atoms with van der Waals surface area (Å²) in [6.07, 6.45) is 0. The second-order valence-electron chi connectivity index (χ2n) is 6.13. The molecule has 0 N–H and O–H groups in total. The first kappa shape index (κ1) is 15.4. The van der Waals surface area contributed by atoms with E-state index in [9.17, 15) is 4.79 Å². The molecule has 0 aliphatic rings. The fraction of sp³-hybridized carbons (Fsp3) is 0.389. The van der Waals surface area contributed by atoms with Gasteiger partial charge in [-0.15, -0.1) is 0 Å². The zero-order valence-corrected chi connectivity index (χ0v) is 13.3. The summed E-state index contributed by atoms with van der Waals surface area (Å²) in [6.45, 7) is 10.5. The van der Waals surface area contributed by atoms with E-state index in [1.165, 1.54) is 5.56 Å². The van der Waals surface area contributed by atoms with E-state index in [4.69, 9.17) is 9.15 Å². The first-order valence-electron chi connectivity index (χ1n) is 7.21. The van der Waals surface area contributed by atoms with Gasteiger partial charge in [-0.2, -0.15) is 0 Å². The molecule has 0 unspecified atom stereocenters. The molecule has 3 nitrogen and oxygen atoms in total. The highest BCUT2D eigenvalue weighted by atomic mass is 16.5. The Hall–Kier alpha value is -2.03. The Kier molecular flexibility index (Phi) is 4.21. The molecule has 2 rings (SSSR count). The molecule has 1 aromatic heterocycles. The van der Waals surface area contributed by atoms with Crippen LogP contribution in [-0.4, -0.2) is 12.6 Å². The number of furan rings is 1. The van der Waals surface area contributed by atoms with Gasteiger partial charge in [0.2, 0.25) is 0 Å². The minimum Gasteiger partial charge on any atom is -0.462 e. The third kappa shape index (κ3) is 3.35. The van der Waals surface area contributed by atoms with Crippen LogP contribution in [0.4, 0.5) is 0 Å². The summed E-state index contributed by atoms with van der Waals surface area (Å²) in [4.78, 5) is 11.8. The number of hydrogen-bond donors (Lipinski definition) is 0. The Bertz CT molecular complexity index is 627. The molecule has 0 saturated carbocycles. The van der Waals surface area contributed by atoms with Gasteiger partial charge in [-0.25, -0.2) is 4.79 Å². The van der Waals surface area contributed by atoms with E-state index in [2.05, 4.69) is 32.9 Å². The van der Waals surface area contributed by atoms with Gasteiger partial charge < -0.3 is 9.15 Å². The Balaban J connectivity index is 2.31. The highest BCUT2D eigenvalue weighted by molar-refractivity contribution is 5.91. The lowest BCUT2D eigenvalue weighted by molar-refractivity contribution is 0.0524. The Morgan fingerprint density at radius 3 is 2.33 bits per heavy atom. The highest BCUT2D eigenvalue weighted by Gasteiger charge is 2.18. The van der Waals surface area contributed by atoms with Crippen LogP contribution < -0.4 is 0 Å². The number of ether oxygens (including phenoxy) is 1. The molecular formula is C18H22O3. The summed E-state index contributed by atoms with van der Waals surface area (Å²) in [5.74, 6) is 0.940. The number of esters is 1. The first-order chi connectivity index (χ1) is 9.82. The Morgan fingerprint density at radius 1 is 1.19 bits per heavy atom. The molecule has 21 heavy (non-hydrogen) atoms. The maximum Gasteiger partial charge on any atom is 0.341 e. The number of benzene rings is 1. The summed E-state index contributed by atoms with van der Waals surface area (Å²) >= 11 is 0. The molecule has 112 valence electrons. The van der Waals surface area contributed by atoms with Crippen LogP contribution in [-0.2, 0) is 10.2 Å². The summed E-state index contributed by atoms with van der Waals surface area (Å²) in [5, 5.41) is 0. The average Bonchev–Trinajstić information content (AvgIpc) is 2.80. The molecule has 0 amide bonds. The van der Waals surface area contributed by atoms with Crippen LogP contribution in [0.15, 0.2) is 34.7 Å². The SMILES string of the molecule is CCOC(=O)c1cc(-c2ccc(C(C)(C)C)cc2)oc1C. The maximum atomic E-state index is 11.8. The fourth-order valence-electron chi connectivity index (χ4n) is 2.17. The van der Waals surface area contributed by atoms with Gasteiger partial charge in [-0.3, -0.25) is 0 Å². The molecule has 1 heterocycles. The Labute approximate surface area is 125 Å². The normalized spacial score (nSPS) is 11.5. The molecule has 0 saturated heterocycles. The molecule has 3 heteroatoms. The second-order valence-corrected chi connectivity index (χ2v) is 6.13. The molecule has 0 fully saturated rings. The number of aryl methyl sites for hydroxylation is 1. The van der Waals surface area contributed by atoms with Crippen LogP contribution in [0.25, 0.3) is 11.3 Å². The van der Waals surface area contributed by atoms with Gasteiger partial charge in [0.05, 0.1) is 6.61 Å². The van der Waals surface area contributed by atoms with Crippen molar-refractivity contribution in [3.05, 3.63) is 47.2 Å². The molecular weight excluding hydrogens is 264 g/mol. The third-order valence-corrected chi connectivity index (χ3v) is 3.45. The molecule has 2 aromatic rings. The topological polar surface area (TPSA) is 39.4 Å². The van der Waals surface area contributed by atoms with Gasteiger partial charge in [-0.1, -0.05) is 45.0 Å². The van der Waals surface area contributed by atoms with Crippen LogP contribution in [0.3, 0.4) is 0 Å². The quantitative estimate of drug-likeness (QED) is 0.766. The molecule has 0 aliphatic carbocycles. The van der Waals surface area contributed by atoms with E-state index >= 15 is 0 Å². The van der Waals surface area contributed by atoms with Gasteiger partial charge >= 0.3 is 5.97 Å². The van der Waals surface area contributed by atoms with Crippen LogP contribution in [0.2, 0.25) is 0 Å². The van der Waals surface area contributed by atoms with Crippen molar-refractivity contribution in [2.75, 3.05) is 6.61 Å². The van der Waals surface area contributed by atoms with Crippen LogP contribution >= 0.6 is 0 Å². The predicted molar refractivity (Wildman–Crippen MR) is 83.5 cm³/mol. The highest BCUT2D eigenvalue weighted by Crippen LogP contribution is 2.29. The Morgan fingerprint density at radius 2 is 1.81 bits per heavy atom. The second kappa shape index (κ2) is 5.76. The maximum absolute atomic E-state index is 11.8. The van der Waals surface area contributed by atoms with Crippen molar-refractivity contribution >= 4 is 5.97 Å². The standard InChI is InChI=1S/C18H22O3/c1-6-20-17(19)15-11-16(21-12(15)2)13-7-9-14(10-8-13)18(3,4)5/h7-11H,6H2,1-5H3. The van der Waals surface area contributed by atoms with Gasteiger partial charge in [0.25, 0.3) is 0 Å². The zero-order chi connectivity index (χ0) is 15.6. The lowest BCUT2D eigenvalue weighted by Gasteiger charge is -2.18. The van der Waals surface area contributed by atoms with E-state index in [-0.39, 0.29) is 11.4 Å². The van der Waals surface area contributed by atoms with E-state index in [0.29, 0.717) is 23.7 Å². The number of carbonyl (C=O) groups is 1. The van der Waals surface area contributed by atoms with Crippen molar-refractivity contribution in [3.8, 4) is 11.3 Å². The largest absolute Gasteiger partial charge is 0.462 e. The van der Waals surface area contributed by atoms with E-state index in [1.807, 2.05) is 12.1 Å². The van der Waals surface area contributed by atoms with E-state index in [1.54, 1.807) is 19.9 Å². The van der Waals surface area contributed by atoms with Crippen LogP contribution in [0.1, 0.15) is 49.4 Å². The van der Waals surface area contributed by atoms with E-state index in [0.717, 1.165) is 5.56 Å². The molecule has 0 atom stereocenters. The minimum absolute atomic E-state index is 0.119. The average molecular weight is 286 g/mol. The summed E-state index contributed by atoms with van der Waals surface area (Å²) in [7, 11) is 0. The smallest absolute Gasteiger partial charge is 0.341 e. The summed E-state index contributed by atoms with van der Waals surface area (Å²) in [6, 6.07) is 9.98. The van der Waals surface area contributed by atoms with Gasteiger partial charge in [-0.05, 0) is 30.9 Å². The molecule has 1 aromatic carbocycles. The van der Waals surface area contributed by atoms with Crippen molar-refractivity contribution in [1.29, 1.82) is 0 Å². The third-order valence-electron chi connectivity index (χ3n) is 3.45. The lowest BCUT2D eigenvalue weighted by Crippen LogP contribution is -2.10. The number of hydrogen-bond acceptors (Lipinski definition) is 3. The molecule has 0 aliphatic heterocycles. The van der Waals surface area contributed by atoms with Crippen molar-refractivity contribution in [2.45, 2.75) is 40.0 Å². The summed E-state index contributed by atoms with van der Waals surface area (Å²) < 4.78 is 10.7. The molecule has 0 spiro atoms. The van der Waals surface area contributed by atoms with Crippen molar-refractivity contribution < 1.29 is 13.9 Å². The van der Waals surface area contributed by atoms with Crippen LogP contribution in [0, 0.1) is 6.92 Å². The zero-order valence-electron chi connectivity index (χ0n) is 13.3. The molecule has 0 radical (unpaired) electrons. The first-order valence-corrected chi connectivity index (χ1v) is 7.21. The summed E-state index contributed by atoms with van der Waals surface area (Å²) in [5.41, 5.74) is 2.83. The van der Waals surface area contributed by atoms with Crippen molar-refractivity contribution in [2.24, 2.45) is 0 Å². The van der Waals surface area contributed by atoms with Gasteiger partial charge in [0.1, 0.15) is 17.1 Å². The monoisotopic (exact) mass is 286 g/mol. The molecule has 0 bridgehead atoms. The minimum atomic E-state index is -0.337. The van der Waals surface area contributed by atoms with Crippen molar-refractivity contribution in [1.82, 2.24) is 0 Å². The van der Waals surface area contributed by atoms with Crippen molar-refractivity contribution in [3.63, 3.8) is 0 Å². The fourth-order valence-corrected chi connectivity index (χ4v) is 2.17. The number of rotatable bonds is 3. The number of carbonyl (C=O) groups excluding carboxylic acids is 1. The predicted octanol–water partition coefficient (Wildman–Crippen LogP) is 4.73. The van der Waals surface area contributed by atoms with E-state index < -0.39 is 0 Å².